The van der Waals surface area contributed by atoms with Gasteiger partial charge in [-0.25, -0.2) is 14.2 Å². The maximum absolute atomic E-state index is 14.6. The fraction of sp³-hybridized carbons (Fsp3) is 0.562. The topological polar surface area (TPSA) is 130 Å². The summed E-state index contributed by atoms with van der Waals surface area (Å²) in [4.78, 5) is 20.0. The van der Waals surface area contributed by atoms with Crippen molar-refractivity contribution < 1.29 is 18.5 Å². The summed E-state index contributed by atoms with van der Waals surface area (Å²) < 4.78 is 30.7. The van der Waals surface area contributed by atoms with Gasteiger partial charge in [0.2, 0.25) is 0 Å². The summed E-state index contributed by atoms with van der Waals surface area (Å²) in [5.41, 5.74) is 4.41. The minimum absolute atomic E-state index is 0.0217. The quantitative estimate of drug-likeness (QED) is 0.463. The summed E-state index contributed by atoms with van der Waals surface area (Å²) >= 11 is 0. The van der Waals surface area contributed by atoms with Crippen LogP contribution < -0.4 is 15.8 Å². The zero-order valence-electron chi connectivity index (χ0n) is 14.9. The Bertz CT molecular complexity index is 843. The Hall–Kier alpha value is -2.07. The molecule has 2 atom stereocenters. The molecular formula is C16H24FN5O3S. The third-order valence-electron chi connectivity index (χ3n) is 5.42. The van der Waals surface area contributed by atoms with Crippen LogP contribution >= 0.6 is 0 Å². The Morgan fingerprint density at radius 3 is 2.81 bits per heavy atom. The number of nitrogens with one attached hydrogen (secondary N) is 2. The first kappa shape index (κ1) is 18.7. The van der Waals surface area contributed by atoms with Crippen molar-refractivity contribution in [3.8, 4) is 0 Å². The van der Waals surface area contributed by atoms with Crippen LogP contribution in [0.3, 0.4) is 0 Å². The number of rotatable bonds is 1. The predicted octanol–water partition coefficient (Wildman–Crippen LogP) is 1.16. The van der Waals surface area contributed by atoms with Crippen molar-refractivity contribution in [3.05, 3.63) is 23.6 Å². The molecule has 0 aromatic carbocycles. The number of carboxylic acid groups (broad SMARTS) is 1. The number of amides is 1. The van der Waals surface area contributed by atoms with Crippen molar-refractivity contribution in [2.45, 2.75) is 49.1 Å². The molecule has 26 heavy (non-hydrogen) atoms. The second-order valence-corrected chi connectivity index (χ2v) is 10.8. The van der Waals surface area contributed by atoms with Gasteiger partial charge in [0, 0.05) is 6.54 Å². The molecule has 1 aromatic heterocycles. The van der Waals surface area contributed by atoms with E-state index in [9.17, 15) is 18.5 Å². The number of hydrogen-bond acceptors (Lipinski definition) is 5. The maximum Gasteiger partial charge on any atom is 0.410 e. The summed E-state index contributed by atoms with van der Waals surface area (Å²) in [5.74, 6) is -0.462. The van der Waals surface area contributed by atoms with Gasteiger partial charge < -0.3 is 10.8 Å². The minimum atomic E-state index is -3.21. The number of nitrogens with zero attached hydrogens (tertiary/aromatic N) is 2. The van der Waals surface area contributed by atoms with Crippen molar-refractivity contribution >= 4 is 27.9 Å². The van der Waals surface area contributed by atoms with E-state index in [1.54, 1.807) is 20.8 Å². The molecule has 1 amide bonds. The molecule has 1 saturated heterocycles. The molecule has 3 rings (SSSR count). The second-order valence-electron chi connectivity index (χ2n) is 7.39. The molecule has 2 aliphatic rings. The van der Waals surface area contributed by atoms with Crippen LogP contribution in [0.2, 0.25) is 0 Å². The molecule has 0 unspecified atom stereocenters. The van der Waals surface area contributed by atoms with Gasteiger partial charge in [0.05, 0.1) is 10.00 Å². The number of thiol groups is 1. The zero-order valence-corrected chi connectivity index (χ0v) is 15.8. The molecule has 0 spiro atoms. The molecule has 1 aromatic rings. The first-order valence-corrected chi connectivity index (χ1v) is 10.2. The minimum Gasteiger partial charge on any atom is -0.465 e. The summed E-state index contributed by atoms with van der Waals surface area (Å²) in [6.07, 6.45) is -0.00640. The van der Waals surface area contributed by atoms with Crippen LogP contribution in [0.4, 0.5) is 15.0 Å². The number of aliphatic imine (C=N–C) groups is 1. The fourth-order valence-corrected chi connectivity index (χ4v) is 7.70. The molecule has 144 valence electrons. The first-order chi connectivity index (χ1) is 12.0. The van der Waals surface area contributed by atoms with E-state index in [-0.39, 0.29) is 17.3 Å². The smallest absolute Gasteiger partial charge is 0.410 e. The van der Waals surface area contributed by atoms with Crippen LogP contribution in [0.25, 0.3) is 0 Å². The summed E-state index contributed by atoms with van der Waals surface area (Å²) in [6.45, 7) is 5.56. The van der Waals surface area contributed by atoms with E-state index in [2.05, 4.69) is 20.0 Å². The number of anilines is 1. The Morgan fingerprint density at radius 1 is 1.46 bits per heavy atom. The van der Waals surface area contributed by atoms with E-state index in [0.29, 0.717) is 13.0 Å². The molecule has 3 heterocycles. The van der Waals surface area contributed by atoms with Gasteiger partial charge in [0.25, 0.3) is 0 Å². The van der Waals surface area contributed by atoms with Crippen LogP contribution in [0.5, 0.6) is 0 Å². The average Bonchev–Trinajstić information content (AvgIpc) is 2.55. The van der Waals surface area contributed by atoms with Crippen molar-refractivity contribution in [2.75, 3.05) is 12.3 Å². The lowest BCUT2D eigenvalue weighted by Crippen LogP contribution is -2.70. The van der Waals surface area contributed by atoms with Gasteiger partial charge in [-0.2, -0.15) is 0 Å². The number of nitrogen functional groups attached to an aromatic ring is 1. The average molecular weight is 385 g/mol. The number of amidine groups is 1. The lowest BCUT2D eigenvalue weighted by molar-refractivity contribution is 0.199. The van der Waals surface area contributed by atoms with Gasteiger partial charge >= 0.3 is 6.09 Å². The Labute approximate surface area is 152 Å². The van der Waals surface area contributed by atoms with Crippen molar-refractivity contribution in [1.82, 2.24) is 15.0 Å². The van der Waals surface area contributed by atoms with E-state index in [1.807, 2.05) is 0 Å². The first-order valence-electron chi connectivity index (χ1n) is 8.40. The lowest BCUT2D eigenvalue weighted by Gasteiger charge is -2.56. The van der Waals surface area contributed by atoms with E-state index in [4.69, 9.17) is 5.73 Å². The monoisotopic (exact) mass is 385 g/mol. The highest BCUT2D eigenvalue weighted by atomic mass is 32.3. The molecule has 2 aliphatic heterocycles. The number of halogens is 1. The molecule has 0 aliphatic carbocycles. The van der Waals surface area contributed by atoms with Gasteiger partial charge in [-0.1, -0.05) is 0 Å². The SMILES string of the molecule is CC1(C)C(NC(=O)O)=N[C@](C)(c2nc(N)ccc2F)[C@H]2CCCN[SH]21=O. The van der Waals surface area contributed by atoms with Crippen LogP contribution in [0.1, 0.15) is 39.3 Å². The Kier molecular flexibility index (Phi) is 4.31. The number of pyridine rings is 1. The van der Waals surface area contributed by atoms with E-state index in [0.717, 1.165) is 6.42 Å². The fourth-order valence-electron chi connectivity index (χ4n) is 3.96. The third-order valence-corrected chi connectivity index (χ3v) is 9.62. The summed E-state index contributed by atoms with van der Waals surface area (Å²) in [6, 6.07) is 2.54. The highest BCUT2D eigenvalue weighted by Crippen LogP contribution is 2.48. The molecule has 10 heteroatoms. The van der Waals surface area contributed by atoms with Crippen LogP contribution in [-0.2, 0) is 15.7 Å². The highest BCUT2D eigenvalue weighted by molar-refractivity contribution is 8.04. The van der Waals surface area contributed by atoms with E-state index in [1.165, 1.54) is 12.1 Å². The number of fused-ring (bicyclic) bond motifs is 1. The molecule has 0 bridgehead atoms. The number of nitrogens with two attached hydrogens (primary N) is 1. The number of aromatic nitrogens is 1. The Morgan fingerprint density at radius 2 is 2.15 bits per heavy atom. The molecular weight excluding hydrogens is 361 g/mol. The van der Waals surface area contributed by atoms with Crippen LogP contribution in [-0.4, -0.2) is 42.8 Å². The second kappa shape index (κ2) is 5.98. The van der Waals surface area contributed by atoms with Crippen molar-refractivity contribution in [3.63, 3.8) is 0 Å². The number of carbonyl (C=O) groups is 1. The van der Waals surface area contributed by atoms with E-state index < -0.39 is 37.6 Å². The molecule has 1 fully saturated rings. The van der Waals surface area contributed by atoms with E-state index >= 15 is 0 Å². The van der Waals surface area contributed by atoms with Gasteiger partial charge in [-0.15, -0.1) is 0 Å². The van der Waals surface area contributed by atoms with Crippen molar-refractivity contribution in [1.29, 1.82) is 0 Å². The zero-order chi connectivity index (χ0) is 19.3. The number of hydrogen-bond donors (Lipinski definition) is 5. The lowest BCUT2D eigenvalue weighted by atomic mass is 9.88. The van der Waals surface area contributed by atoms with Gasteiger partial charge in [0.1, 0.15) is 28.7 Å². The van der Waals surface area contributed by atoms with Crippen LogP contribution in [0.15, 0.2) is 17.1 Å². The molecule has 0 radical (unpaired) electrons. The van der Waals surface area contributed by atoms with Gasteiger partial charge in [-0.05, 0) is 55.9 Å². The van der Waals surface area contributed by atoms with Crippen molar-refractivity contribution in [2.24, 2.45) is 4.99 Å². The largest absolute Gasteiger partial charge is 0.465 e. The summed E-state index contributed by atoms with van der Waals surface area (Å²) in [5, 5.41) is 10.9. The predicted molar refractivity (Wildman–Crippen MR) is 99.2 cm³/mol. The normalized spacial score (nSPS) is 30.6. The standard InChI is InChI=1S/C16H24FN5O3S/c1-15(2)13(21-14(23)24)22-16(3,10-5-4-8-19-26(10,15)25)12-9(17)6-7-11(18)20-12/h6-7,10,26H,4-5,8H2,1-3H3,(H2,18,20)(H,19,25)(H,21,22)(H,23,24)/t10-,16+/m1/s1. The van der Waals surface area contributed by atoms with Gasteiger partial charge in [0.15, 0.2) is 0 Å². The third kappa shape index (κ3) is 2.59. The van der Waals surface area contributed by atoms with Crippen LogP contribution in [0, 0.1) is 5.82 Å². The molecule has 0 saturated carbocycles. The highest BCUT2D eigenvalue weighted by Gasteiger charge is 2.58. The molecule has 5 N–H and O–H groups in total. The maximum atomic E-state index is 14.6. The molecule has 8 nitrogen and oxygen atoms in total. The Balaban J connectivity index is 2.30. The van der Waals surface area contributed by atoms with Gasteiger partial charge in [-0.3, -0.25) is 19.2 Å². The summed E-state index contributed by atoms with van der Waals surface area (Å²) in [7, 11) is -3.21.